The molecule has 8 heteroatoms. The standard InChI is InChI=1S/C21H23BrN4O2S/c1-14(2)20-24-25-21(29-13-15-5-8-17(22)9-6-15)26(20)23-12-16-7-10-18(27-3)11-19(16)28-4/h5-12,14H,13H2,1-4H3/b23-12-. The quantitative estimate of drug-likeness (QED) is 0.325. The third-order valence-corrected chi connectivity index (χ3v) is 5.71. The van der Waals surface area contributed by atoms with Crippen LogP contribution in [0, 0.1) is 0 Å². The molecule has 0 fully saturated rings. The number of rotatable bonds is 8. The minimum atomic E-state index is 0.194. The Labute approximate surface area is 183 Å². The van der Waals surface area contributed by atoms with Crippen molar-refractivity contribution in [2.45, 2.75) is 30.7 Å². The van der Waals surface area contributed by atoms with Crippen LogP contribution in [-0.2, 0) is 5.75 Å². The van der Waals surface area contributed by atoms with Crippen molar-refractivity contribution in [3.63, 3.8) is 0 Å². The van der Waals surface area contributed by atoms with Gasteiger partial charge in [0, 0.05) is 27.8 Å². The van der Waals surface area contributed by atoms with E-state index in [1.54, 1.807) is 36.9 Å². The van der Waals surface area contributed by atoms with Gasteiger partial charge < -0.3 is 9.47 Å². The van der Waals surface area contributed by atoms with Crippen LogP contribution in [-0.4, -0.2) is 35.3 Å². The fourth-order valence-electron chi connectivity index (χ4n) is 2.61. The van der Waals surface area contributed by atoms with E-state index in [0.717, 1.165) is 32.5 Å². The van der Waals surface area contributed by atoms with Crippen LogP contribution in [0.5, 0.6) is 11.5 Å². The van der Waals surface area contributed by atoms with Gasteiger partial charge in [-0.3, -0.25) is 0 Å². The topological polar surface area (TPSA) is 61.5 Å². The maximum Gasteiger partial charge on any atom is 0.212 e. The summed E-state index contributed by atoms with van der Waals surface area (Å²) in [6, 6.07) is 13.9. The Kier molecular flexibility index (Phi) is 7.33. The molecular weight excluding hydrogens is 452 g/mol. The summed E-state index contributed by atoms with van der Waals surface area (Å²) in [6.45, 7) is 4.15. The van der Waals surface area contributed by atoms with E-state index in [-0.39, 0.29) is 5.92 Å². The minimum absolute atomic E-state index is 0.194. The molecule has 0 bridgehead atoms. The summed E-state index contributed by atoms with van der Waals surface area (Å²) >= 11 is 5.07. The third-order valence-electron chi connectivity index (χ3n) is 4.19. The molecule has 0 atom stereocenters. The largest absolute Gasteiger partial charge is 0.497 e. The molecule has 0 saturated carbocycles. The van der Waals surface area contributed by atoms with Crippen LogP contribution in [0.25, 0.3) is 0 Å². The van der Waals surface area contributed by atoms with Crippen molar-refractivity contribution >= 4 is 33.9 Å². The highest BCUT2D eigenvalue weighted by atomic mass is 79.9. The maximum atomic E-state index is 5.46. The first-order valence-electron chi connectivity index (χ1n) is 9.10. The van der Waals surface area contributed by atoms with E-state index in [9.17, 15) is 0 Å². The summed E-state index contributed by atoms with van der Waals surface area (Å²) in [5.74, 6) is 3.21. The average molecular weight is 475 g/mol. The van der Waals surface area contributed by atoms with Gasteiger partial charge in [0.1, 0.15) is 11.5 Å². The van der Waals surface area contributed by atoms with Crippen LogP contribution in [0.1, 0.15) is 36.7 Å². The van der Waals surface area contributed by atoms with E-state index < -0.39 is 0 Å². The van der Waals surface area contributed by atoms with Crippen molar-refractivity contribution in [3.05, 3.63) is 63.9 Å². The smallest absolute Gasteiger partial charge is 0.212 e. The number of benzene rings is 2. The highest BCUT2D eigenvalue weighted by Gasteiger charge is 2.15. The summed E-state index contributed by atoms with van der Waals surface area (Å²) in [6.07, 6.45) is 1.76. The second-order valence-electron chi connectivity index (χ2n) is 6.57. The number of thioether (sulfide) groups is 1. The number of methoxy groups -OCH3 is 2. The summed E-state index contributed by atoms with van der Waals surface area (Å²) in [5, 5.41) is 14.1. The predicted molar refractivity (Wildman–Crippen MR) is 120 cm³/mol. The highest BCUT2D eigenvalue weighted by Crippen LogP contribution is 2.26. The lowest BCUT2D eigenvalue weighted by atomic mass is 10.2. The molecular formula is C21H23BrN4O2S. The second-order valence-corrected chi connectivity index (χ2v) is 8.43. The second kappa shape index (κ2) is 9.93. The number of nitrogens with zero attached hydrogens (tertiary/aromatic N) is 4. The normalized spacial score (nSPS) is 11.4. The molecule has 0 unspecified atom stereocenters. The summed E-state index contributed by atoms with van der Waals surface area (Å²) in [5.41, 5.74) is 2.06. The molecule has 6 nitrogen and oxygen atoms in total. The molecule has 0 aliphatic carbocycles. The van der Waals surface area contributed by atoms with Crippen molar-refractivity contribution < 1.29 is 9.47 Å². The minimum Gasteiger partial charge on any atom is -0.497 e. The lowest BCUT2D eigenvalue weighted by Gasteiger charge is -2.09. The van der Waals surface area contributed by atoms with Gasteiger partial charge in [0.05, 0.1) is 20.4 Å². The van der Waals surface area contributed by atoms with E-state index in [1.807, 2.05) is 30.3 Å². The van der Waals surface area contributed by atoms with Crippen LogP contribution in [0.3, 0.4) is 0 Å². The molecule has 0 N–H and O–H groups in total. The van der Waals surface area contributed by atoms with Gasteiger partial charge in [-0.05, 0) is 29.8 Å². The third kappa shape index (κ3) is 5.39. The molecule has 0 aliphatic heterocycles. The summed E-state index contributed by atoms with van der Waals surface area (Å²) < 4.78 is 13.6. The Morgan fingerprint density at radius 1 is 1.10 bits per heavy atom. The number of hydrogen-bond donors (Lipinski definition) is 0. The number of hydrogen-bond acceptors (Lipinski definition) is 6. The molecule has 2 aromatic carbocycles. The van der Waals surface area contributed by atoms with Crippen LogP contribution < -0.4 is 9.47 Å². The Balaban J connectivity index is 1.86. The van der Waals surface area contributed by atoms with Crippen LogP contribution >= 0.6 is 27.7 Å². The van der Waals surface area contributed by atoms with Crippen molar-refractivity contribution in [3.8, 4) is 11.5 Å². The Morgan fingerprint density at radius 3 is 2.52 bits per heavy atom. The van der Waals surface area contributed by atoms with Crippen molar-refractivity contribution in [2.24, 2.45) is 5.10 Å². The molecule has 3 rings (SSSR count). The monoisotopic (exact) mass is 474 g/mol. The molecule has 0 amide bonds. The van der Waals surface area contributed by atoms with Crippen LogP contribution in [0.15, 0.2) is 57.2 Å². The fourth-order valence-corrected chi connectivity index (χ4v) is 3.72. The predicted octanol–water partition coefficient (Wildman–Crippen LogP) is 5.36. The van der Waals surface area contributed by atoms with Gasteiger partial charge in [0.2, 0.25) is 5.16 Å². The molecule has 0 aliphatic rings. The molecule has 152 valence electrons. The number of ether oxygens (including phenoxy) is 2. The molecule has 3 aromatic rings. The van der Waals surface area contributed by atoms with Gasteiger partial charge >= 0.3 is 0 Å². The first kappa shape index (κ1) is 21.4. The van der Waals surface area contributed by atoms with Gasteiger partial charge in [-0.15, -0.1) is 10.2 Å². The maximum absolute atomic E-state index is 5.46. The zero-order chi connectivity index (χ0) is 20.8. The van der Waals surface area contributed by atoms with E-state index in [0.29, 0.717) is 5.75 Å². The van der Waals surface area contributed by atoms with Gasteiger partial charge in [0.25, 0.3) is 0 Å². The molecule has 0 saturated heterocycles. The first-order valence-corrected chi connectivity index (χ1v) is 10.9. The Morgan fingerprint density at radius 2 is 1.86 bits per heavy atom. The fraction of sp³-hybridized carbons (Fsp3) is 0.286. The van der Waals surface area contributed by atoms with Crippen molar-refractivity contribution in [1.82, 2.24) is 14.9 Å². The van der Waals surface area contributed by atoms with Gasteiger partial charge in [-0.2, -0.15) is 9.78 Å². The van der Waals surface area contributed by atoms with Crippen molar-refractivity contribution in [2.75, 3.05) is 14.2 Å². The van der Waals surface area contributed by atoms with E-state index in [2.05, 4.69) is 57.2 Å². The van der Waals surface area contributed by atoms with E-state index >= 15 is 0 Å². The lowest BCUT2D eigenvalue weighted by Crippen LogP contribution is -2.03. The van der Waals surface area contributed by atoms with Gasteiger partial charge in [-0.1, -0.05) is 53.7 Å². The molecule has 0 radical (unpaired) electrons. The van der Waals surface area contributed by atoms with Crippen molar-refractivity contribution in [1.29, 1.82) is 0 Å². The average Bonchev–Trinajstić information content (AvgIpc) is 3.14. The zero-order valence-electron chi connectivity index (χ0n) is 16.8. The number of aromatic nitrogens is 3. The van der Waals surface area contributed by atoms with Gasteiger partial charge in [-0.25, -0.2) is 0 Å². The molecule has 1 aromatic heterocycles. The molecule has 1 heterocycles. The number of halogens is 1. The first-order chi connectivity index (χ1) is 14.0. The zero-order valence-corrected chi connectivity index (χ0v) is 19.2. The van der Waals surface area contributed by atoms with Gasteiger partial charge in [0.15, 0.2) is 5.82 Å². The SMILES string of the molecule is COc1ccc(/C=N\n2c(SCc3ccc(Br)cc3)nnc2C(C)C)c(OC)c1. The highest BCUT2D eigenvalue weighted by molar-refractivity contribution is 9.10. The van der Waals surface area contributed by atoms with E-state index in [4.69, 9.17) is 9.47 Å². The summed E-state index contributed by atoms with van der Waals surface area (Å²) in [7, 11) is 3.26. The van der Waals surface area contributed by atoms with E-state index in [1.165, 1.54) is 5.56 Å². The lowest BCUT2D eigenvalue weighted by molar-refractivity contribution is 0.394. The van der Waals surface area contributed by atoms with Crippen LogP contribution in [0.2, 0.25) is 0 Å². The van der Waals surface area contributed by atoms with Crippen LogP contribution in [0.4, 0.5) is 0 Å². The molecule has 29 heavy (non-hydrogen) atoms. The Hall–Kier alpha value is -2.32. The Bertz CT molecular complexity index is 987. The molecule has 0 spiro atoms. The summed E-state index contributed by atoms with van der Waals surface area (Å²) in [4.78, 5) is 0.